The molecule has 0 aliphatic rings. The lowest BCUT2D eigenvalue weighted by Crippen LogP contribution is -2.07. The van der Waals surface area contributed by atoms with Crippen molar-refractivity contribution >= 4 is 33.3 Å². The van der Waals surface area contributed by atoms with E-state index in [4.69, 9.17) is 9.15 Å². The summed E-state index contributed by atoms with van der Waals surface area (Å²) in [5.74, 6) is -0.394. The van der Waals surface area contributed by atoms with Gasteiger partial charge >= 0.3 is 16.6 Å². The van der Waals surface area contributed by atoms with E-state index in [1.54, 1.807) is 6.07 Å². The minimum atomic E-state index is -0.675. The fourth-order valence-corrected chi connectivity index (χ4v) is 3.60. The molecule has 3 aromatic rings. The first-order valence-electron chi connectivity index (χ1n) is 8.25. The largest absolute Gasteiger partial charge is 0.457 e. The molecule has 0 spiro atoms. The minimum absolute atomic E-state index is 0.132. The number of carbonyl (C=O) groups is 1. The van der Waals surface area contributed by atoms with Gasteiger partial charge in [0.05, 0.1) is 4.92 Å². The van der Waals surface area contributed by atoms with E-state index in [1.807, 2.05) is 13.0 Å². The highest BCUT2D eigenvalue weighted by atomic mass is 32.1. The van der Waals surface area contributed by atoms with Crippen LogP contribution in [-0.2, 0) is 11.3 Å². The predicted octanol–water partition coefficient (Wildman–Crippen LogP) is 4.55. The molecule has 0 saturated carbocycles. The number of carbonyl (C=O) groups excluding carboxylic acids is 1. The Morgan fingerprint density at radius 3 is 2.67 bits per heavy atom. The highest BCUT2D eigenvalue weighted by molar-refractivity contribution is 7.17. The Labute approximate surface area is 158 Å². The molecule has 0 N–H and O–H groups in total. The number of hydrogen-bond donors (Lipinski definition) is 0. The fourth-order valence-electron chi connectivity index (χ4n) is 2.88. The summed E-state index contributed by atoms with van der Waals surface area (Å²) in [7, 11) is 0. The predicted molar refractivity (Wildman–Crippen MR) is 101 cm³/mol. The van der Waals surface area contributed by atoms with E-state index in [2.05, 4.69) is 13.8 Å². The highest BCUT2D eigenvalue weighted by Crippen LogP contribution is 2.28. The Kier molecular flexibility index (Phi) is 5.09. The SMILES string of the molecule is Cc1cc2oc(=O)cc(COC(=O)c3ccc([N+](=O)[O-])s3)c2cc1C(C)C. The Hall–Kier alpha value is -3.00. The van der Waals surface area contributed by atoms with Crippen molar-refractivity contribution in [3.05, 3.63) is 72.4 Å². The van der Waals surface area contributed by atoms with E-state index in [1.165, 1.54) is 18.2 Å². The lowest BCUT2D eigenvalue weighted by atomic mass is 9.95. The topological polar surface area (TPSA) is 99.7 Å². The minimum Gasteiger partial charge on any atom is -0.457 e. The van der Waals surface area contributed by atoms with Crippen molar-refractivity contribution in [1.29, 1.82) is 0 Å². The summed E-state index contributed by atoms with van der Waals surface area (Å²) in [4.78, 5) is 34.3. The van der Waals surface area contributed by atoms with Crippen LogP contribution in [0.4, 0.5) is 5.00 Å². The van der Waals surface area contributed by atoms with E-state index >= 15 is 0 Å². The van der Waals surface area contributed by atoms with Crippen molar-refractivity contribution in [2.75, 3.05) is 0 Å². The summed E-state index contributed by atoms with van der Waals surface area (Å²) in [6, 6.07) is 7.65. The Balaban J connectivity index is 1.91. The molecule has 0 aliphatic heterocycles. The van der Waals surface area contributed by atoms with Crippen LogP contribution in [-0.4, -0.2) is 10.9 Å². The van der Waals surface area contributed by atoms with Gasteiger partial charge in [-0.2, -0.15) is 0 Å². The molecule has 3 rings (SSSR count). The second-order valence-corrected chi connectivity index (χ2v) is 7.48. The van der Waals surface area contributed by atoms with Gasteiger partial charge in [0.1, 0.15) is 17.1 Å². The Bertz CT molecular complexity index is 1100. The first-order valence-corrected chi connectivity index (χ1v) is 9.06. The summed E-state index contributed by atoms with van der Waals surface area (Å²) in [5.41, 5.74) is 2.56. The van der Waals surface area contributed by atoms with Crippen LogP contribution in [0.1, 0.15) is 46.1 Å². The van der Waals surface area contributed by atoms with Gasteiger partial charge in [0.25, 0.3) is 0 Å². The quantitative estimate of drug-likeness (QED) is 0.275. The van der Waals surface area contributed by atoms with Gasteiger partial charge in [-0.1, -0.05) is 25.2 Å². The molecule has 0 saturated heterocycles. The third kappa shape index (κ3) is 3.90. The number of fused-ring (bicyclic) bond motifs is 1. The molecule has 0 fully saturated rings. The van der Waals surface area contributed by atoms with Crippen LogP contribution < -0.4 is 5.63 Å². The maximum atomic E-state index is 12.2. The van der Waals surface area contributed by atoms with Crippen LogP contribution in [0.25, 0.3) is 11.0 Å². The maximum Gasteiger partial charge on any atom is 0.348 e. The lowest BCUT2D eigenvalue weighted by molar-refractivity contribution is -0.380. The maximum absolute atomic E-state index is 12.2. The van der Waals surface area contributed by atoms with Crippen LogP contribution >= 0.6 is 11.3 Å². The zero-order chi connectivity index (χ0) is 19.7. The van der Waals surface area contributed by atoms with E-state index in [0.29, 0.717) is 16.5 Å². The number of benzene rings is 1. The lowest BCUT2D eigenvalue weighted by Gasteiger charge is -2.13. The first kappa shape index (κ1) is 18.8. The van der Waals surface area contributed by atoms with E-state index in [9.17, 15) is 19.7 Å². The number of esters is 1. The van der Waals surface area contributed by atoms with Gasteiger partial charge < -0.3 is 9.15 Å². The van der Waals surface area contributed by atoms with Gasteiger partial charge in [-0.05, 0) is 42.2 Å². The van der Waals surface area contributed by atoms with Gasteiger partial charge in [-0.3, -0.25) is 10.1 Å². The number of rotatable bonds is 5. The molecule has 1 aromatic carbocycles. The average Bonchev–Trinajstić information content (AvgIpc) is 3.08. The molecule has 0 radical (unpaired) electrons. The Morgan fingerprint density at radius 2 is 2.04 bits per heavy atom. The second kappa shape index (κ2) is 7.32. The van der Waals surface area contributed by atoms with Gasteiger partial charge in [0, 0.05) is 23.1 Å². The summed E-state index contributed by atoms with van der Waals surface area (Å²) >= 11 is 0.745. The van der Waals surface area contributed by atoms with E-state index < -0.39 is 16.5 Å². The highest BCUT2D eigenvalue weighted by Gasteiger charge is 2.18. The molecule has 140 valence electrons. The fraction of sp³-hybridized carbons (Fsp3) is 0.263. The Morgan fingerprint density at radius 1 is 1.30 bits per heavy atom. The molecular formula is C19H17NO6S. The number of nitro groups is 1. The molecule has 0 unspecified atom stereocenters. The van der Waals surface area contributed by atoms with Crippen LogP contribution in [0.3, 0.4) is 0 Å². The van der Waals surface area contributed by atoms with Crippen LogP contribution in [0, 0.1) is 17.0 Å². The molecule has 2 aromatic heterocycles. The average molecular weight is 387 g/mol. The van der Waals surface area contributed by atoms with Crippen molar-refractivity contribution in [3.8, 4) is 0 Å². The smallest absolute Gasteiger partial charge is 0.348 e. The van der Waals surface area contributed by atoms with Gasteiger partial charge in [0.15, 0.2) is 0 Å². The molecular weight excluding hydrogens is 370 g/mol. The number of hydrogen-bond acceptors (Lipinski definition) is 7. The third-order valence-electron chi connectivity index (χ3n) is 4.17. The van der Waals surface area contributed by atoms with Crippen molar-refractivity contribution in [2.24, 2.45) is 0 Å². The summed E-state index contributed by atoms with van der Waals surface area (Å²) in [6.45, 7) is 5.95. The molecule has 27 heavy (non-hydrogen) atoms. The molecule has 0 atom stereocenters. The molecule has 8 heteroatoms. The van der Waals surface area contributed by atoms with Crippen molar-refractivity contribution in [2.45, 2.75) is 33.3 Å². The summed E-state index contributed by atoms with van der Waals surface area (Å²) in [6.07, 6.45) is 0. The number of thiophene rings is 1. The van der Waals surface area contributed by atoms with Crippen LogP contribution in [0.15, 0.2) is 39.5 Å². The van der Waals surface area contributed by atoms with Gasteiger partial charge in [-0.25, -0.2) is 9.59 Å². The molecule has 0 bridgehead atoms. The molecule has 0 aliphatic carbocycles. The van der Waals surface area contributed by atoms with Crippen molar-refractivity contribution in [1.82, 2.24) is 0 Å². The van der Waals surface area contributed by atoms with E-state index in [-0.39, 0.29) is 22.4 Å². The number of aryl methyl sites for hydroxylation is 1. The van der Waals surface area contributed by atoms with Crippen LogP contribution in [0.2, 0.25) is 0 Å². The number of nitrogens with zero attached hydrogens (tertiary/aromatic N) is 1. The van der Waals surface area contributed by atoms with Crippen LogP contribution in [0.5, 0.6) is 0 Å². The monoisotopic (exact) mass is 387 g/mol. The normalized spacial score (nSPS) is 11.1. The van der Waals surface area contributed by atoms with E-state index in [0.717, 1.165) is 22.5 Å². The molecule has 0 amide bonds. The zero-order valence-corrected chi connectivity index (χ0v) is 15.8. The summed E-state index contributed by atoms with van der Waals surface area (Å²) in [5, 5.41) is 11.3. The van der Waals surface area contributed by atoms with Crippen molar-refractivity contribution in [3.63, 3.8) is 0 Å². The summed E-state index contributed by atoms with van der Waals surface area (Å²) < 4.78 is 10.5. The molecule has 2 heterocycles. The first-order chi connectivity index (χ1) is 12.8. The zero-order valence-electron chi connectivity index (χ0n) is 15.0. The van der Waals surface area contributed by atoms with Gasteiger partial charge in [-0.15, -0.1) is 0 Å². The third-order valence-corrected chi connectivity index (χ3v) is 5.19. The molecule has 7 nitrogen and oxygen atoms in total. The number of ether oxygens (including phenoxy) is 1. The standard InChI is InChI=1S/C19H17NO6S/c1-10(2)13-8-14-12(7-18(21)26-15(14)6-11(13)3)9-25-19(22)16-4-5-17(27-16)20(23)24/h4-8,10H,9H2,1-3H3. The second-order valence-electron chi connectivity index (χ2n) is 6.42. The van der Waals surface area contributed by atoms with Gasteiger partial charge in [0.2, 0.25) is 0 Å². The van der Waals surface area contributed by atoms with Crippen molar-refractivity contribution < 1.29 is 18.9 Å².